The van der Waals surface area contributed by atoms with E-state index in [1.807, 2.05) is 0 Å². The number of nitrogens with one attached hydrogen (secondary N) is 1. The maximum Gasteiger partial charge on any atom is 0.226 e. The number of hydrogen-bond donors (Lipinski definition) is 1. The predicted octanol–water partition coefficient (Wildman–Crippen LogP) is 1.49. The lowest BCUT2D eigenvalue weighted by atomic mass is 10.5. The highest BCUT2D eigenvalue weighted by molar-refractivity contribution is 5.73. The van der Waals surface area contributed by atoms with Gasteiger partial charge < -0.3 is 9.40 Å². The third-order valence-corrected chi connectivity index (χ3v) is 1.28. The second kappa shape index (κ2) is 1.70. The second-order valence-electron chi connectivity index (χ2n) is 1.88. The summed E-state index contributed by atoms with van der Waals surface area (Å²) in [6.07, 6.45) is 1.38. The van der Waals surface area contributed by atoms with E-state index < -0.39 is 0 Å². The monoisotopic (exact) mass is 135 g/mol. The first-order valence-electron chi connectivity index (χ1n) is 2.79. The molecule has 0 bridgehead atoms. The molecule has 10 heavy (non-hydrogen) atoms. The molecular formula is C6H5N3O. The number of aliphatic imine (C=N–C) groups is 1. The molecular weight excluding hydrogens is 130 g/mol. The maximum atomic E-state index is 4.95. The number of aromatic amines is 1. The number of rotatable bonds is 1. The highest BCUT2D eigenvalue weighted by atomic mass is 16.3. The molecule has 50 valence electrons. The van der Waals surface area contributed by atoms with Crippen LogP contribution in [0.1, 0.15) is 0 Å². The van der Waals surface area contributed by atoms with Gasteiger partial charge >= 0.3 is 0 Å². The number of aromatic nitrogens is 2. The fourth-order valence-electron chi connectivity index (χ4n) is 0.818. The van der Waals surface area contributed by atoms with Gasteiger partial charge in [0.1, 0.15) is 11.3 Å². The molecule has 0 radical (unpaired) electrons. The van der Waals surface area contributed by atoms with Crippen LogP contribution >= 0.6 is 0 Å². The van der Waals surface area contributed by atoms with Crippen molar-refractivity contribution in [2.75, 3.05) is 0 Å². The van der Waals surface area contributed by atoms with Crippen molar-refractivity contribution in [3.05, 3.63) is 12.5 Å². The van der Waals surface area contributed by atoms with E-state index >= 15 is 0 Å². The molecule has 0 spiro atoms. The van der Waals surface area contributed by atoms with Crippen molar-refractivity contribution in [2.45, 2.75) is 0 Å². The minimum Gasteiger partial charge on any atom is -0.427 e. The van der Waals surface area contributed by atoms with E-state index in [0.717, 1.165) is 5.52 Å². The van der Waals surface area contributed by atoms with Gasteiger partial charge in [0.2, 0.25) is 5.71 Å². The lowest BCUT2D eigenvalue weighted by Crippen LogP contribution is -1.57. The summed E-state index contributed by atoms with van der Waals surface area (Å²) in [6.45, 7) is 3.36. The molecule has 0 saturated heterocycles. The predicted molar refractivity (Wildman–Crippen MR) is 37.6 cm³/mol. The van der Waals surface area contributed by atoms with Gasteiger partial charge in [-0.3, -0.25) is 0 Å². The zero-order valence-electron chi connectivity index (χ0n) is 5.16. The summed E-state index contributed by atoms with van der Waals surface area (Å²) in [5.41, 5.74) is 1.42. The molecule has 4 nitrogen and oxygen atoms in total. The Morgan fingerprint density at radius 1 is 1.70 bits per heavy atom. The molecule has 0 atom stereocenters. The fraction of sp³-hybridized carbons (Fsp3) is 0. The standard InChI is InChI=1S/C6H5N3O/c1-7-5-2-4-6(9-5)10-3-8-4/h2-3,9H,1H2. The molecule has 2 rings (SSSR count). The lowest BCUT2D eigenvalue weighted by molar-refractivity contribution is 0.591. The van der Waals surface area contributed by atoms with Gasteiger partial charge in [-0.25, -0.2) is 9.98 Å². The summed E-state index contributed by atoms with van der Waals surface area (Å²) in [4.78, 5) is 10.4. The van der Waals surface area contributed by atoms with E-state index in [9.17, 15) is 0 Å². The Bertz CT molecular complexity index is 331. The van der Waals surface area contributed by atoms with Crippen LogP contribution in [0.4, 0.5) is 5.82 Å². The molecule has 1 N–H and O–H groups in total. The van der Waals surface area contributed by atoms with E-state index in [1.165, 1.54) is 6.39 Å². The molecule has 0 aliphatic carbocycles. The first-order valence-corrected chi connectivity index (χ1v) is 2.79. The summed E-state index contributed by atoms with van der Waals surface area (Å²) < 4.78 is 4.95. The molecule has 0 fully saturated rings. The normalized spacial score (nSPS) is 10.4. The Morgan fingerprint density at radius 2 is 2.60 bits per heavy atom. The zero-order chi connectivity index (χ0) is 6.97. The van der Waals surface area contributed by atoms with Crippen LogP contribution in [-0.4, -0.2) is 16.7 Å². The number of nitrogens with zero attached hydrogens (tertiary/aromatic N) is 2. The highest BCUT2D eigenvalue weighted by Gasteiger charge is 2.00. The van der Waals surface area contributed by atoms with Gasteiger partial charge in [-0.05, 0) is 6.72 Å². The van der Waals surface area contributed by atoms with Crippen LogP contribution in [0.2, 0.25) is 0 Å². The Kier molecular flexibility index (Phi) is 0.887. The molecule has 0 saturated carbocycles. The van der Waals surface area contributed by atoms with Crippen LogP contribution in [-0.2, 0) is 0 Å². The van der Waals surface area contributed by atoms with Gasteiger partial charge in [0, 0.05) is 6.07 Å². The van der Waals surface area contributed by atoms with Crippen molar-refractivity contribution >= 4 is 23.8 Å². The molecule has 0 aliphatic heterocycles. The first-order chi connectivity index (χ1) is 4.90. The van der Waals surface area contributed by atoms with E-state index in [0.29, 0.717) is 11.5 Å². The molecule has 0 aromatic carbocycles. The molecule has 4 heteroatoms. The van der Waals surface area contributed by atoms with Crippen LogP contribution in [0, 0.1) is 0 Å². The minimum atomic E-state index is 0.641. The van der Waals surface area contributed by atoms with Crippen molar-refractivity contribution in [3.63, 3.8) is 0 Å². The molecule has 2 heterocycles. The van der Waals surface area contributed by atoms with Crippen molar-refractivity contribution in [1.82, 2.24) is 9.97 Å². The maximum absolute atomic E-state index is 4.95. The van der Waals surface area contributed by atoms with Crippen LogP contribution in [0.25, 0.3) is 11.2 Å². The van der Waals surface area contributed by atoms with Crippen molar-refractivity contribution in [3.8, 4) is 0 Å². The number of H-pyrrole nitrogens is 1. The van der Waals surface area contributed by atoms with Crippen LogP contribution in [0.3, 0.4) is 0 Å². The van der Waals surface area contributed by atoms with Crippen molar-refractivity contribution < 1.29 is 4.42 Å². The molecule has 0 unspecified atom stereocenters. The van der Waals surface area contributed by atoms with Crippen LogP contribution in [0.5, 0.6) is 0 Å². The summed E-state index contributed by atoms with van der Waals surface area (Å²) >= 11 is 0. The average molecular weight is 135 g/mol. The van der Waals surface area contributed by atoms with Gasteiger partial charge in [-0.15, -0.1) is 0 Å². The first kappa shape index (κ1) is 5.22. The van der Waals surface area contributed by atoms with Gasteiger partial charge in [0.25, 0.3) is 0 Å². The Balaban J connectivity index is 2.78. The average Bonchev–Trinajstić information content (AvgIpc) is 2.42. The van der Waals surface area contributed by atoms with E-state index in [4.69, 9.17) is 4.42 Å². The third-order valence-electron chi connectivity index (χ3n) is 1.28. The summed E-state index contributed by atoms with van der Waals surface area (Å²) in [5, 5.41) is 0. The minimum absolute atomic E-state index is 0.641. The Hall–Kier alpha value is -1.58. The van der Waals surface area contributed by atoms with Gasteiger partial charge in [-0.2, -0.15) is 0 Å². The summed E-state index contributed by atoms with van der Waals surface area (Å²) in [6, 6.07) is 1.77. The molecule has 0 aliphatic rings. The second-order valence-corrected chi connectivity index (χ2v) is 1.88. The lowest BCUT2D eigenvalue weighted by Gasteiger charge is -1.77. The van der Waals surface area contributed by atoms with E-state index in [1.54, 1.807) is 6.07 Å². The van der Waals surface area contributed by atoms with Gasteiger partial charge in [0.05, 0.1) is 0 Å². The summed E-state index contributed by atoms with van der Waals surface area (Å²) in [7, 11) is 0. The van der Waals surface area contributed by atoms with E-state index in [-0.39, 0.29) is 0 Å². The van der Waals surface area contributed by atoms with Crippen LogP contribution in [0.15, 0.2) is 21.9 Å². The highest BCUT2D eigenvalue weighted by Crippen LogP contribution is 2.17. The Labute approximate surface area is 56.6 Å². The van der Waals surface area contributed by atoms with Crippen molar-refractivity contribution in [1.29, 1.82) is 0 Å². The van der Waals surface area contributed by atoms with Gasteiger partial charge in [-0.1, -0.05) is 0 Å². The molecule has 0 amide bonds. The van der Waals surface area contributed by atoms with Crippen molar-refractivity contribution in [2.24, 2.45) is 4.99 Å². The van der Waals surface area contributed by atoms with E-state index in [2.05, 4.69) is 21.7 Å². The molecule has 2 aromatic heterocycles. The number of fused-ring (bicyclic) bond motifs is 1. The fourth-order valence-corrected chi connectivity index (χ4v) is 0.818. The SMILES string of the molecule is C=Nc1cc2ncoc2[nH]1. The largest absolute Gasteiger partial charge is 0.427 e. The quantitative estimate of drug-likeness (QED) is 0.602. The third kappa shape index (κ3) is 0.556. The van der Waals surface area contributed by atoms with Crippen LogP contribution < -0.4 is 0 Å². The smallest absolute Gasteiger partial charge is 0.226 e. The summed E-state index contributed by atoms with van der Waals surface area (Å²) in [5.74, 6) is 0.682. The zero-order valence-corrected chi connectivity index (χ0v) is 5.16. The molecule has 2 aromatic rings. The number of hydrogen-bond acceptors (Lipinski definition) is 3. The number of oxazole rings is 1. The Morgan fingerprint density at radius 3 is 3.30 bits per heavy atom. The van der Waals surface area contributed by atoms with Gasteiger partial charge in [0.15, 0.2) is 6.39 Å². The topological polar surface area (TPSA) is 54.2 Å².